The number of methoxy groups -OCH3 is 1. The van der Waals surface area contributed by atoms with Crippen LogP contribution < -0.4 is 5.73 Å². The molecule has 0 radical (unpaired) electrons. The molecular weight excluding hydrogens is 170 g/mol. The van der Waals surface area contributed by atoms with Crippen molar-refractivity contribution < 1.29 is 13.9 Å². The number of esters is 1. The molecule has 1 saturated carbocycles. The summed E-state index contributed by atoms with van der Waals surface area (Å²) in [7, 11) is 1.33. The summed E-state index contributed by atoms with van der Waals surface area (Å²) < 4.78 is 9.79. The molecule has 0 bridgehead atoms. The summed E-state index contributed by atoms with van der Waals surface area (Å²) in [6.45, 7) is 0. The van der Waals surface area contributed by atoms with Gasteiger partial charge in [0.1, 0.15) is 5.76 Å². The highest BCUT2D eigenvalue weighted by Crippen LogP contribution is 2.39. The van der Waals surface area contributed by atoms with Crippen LogP contribution in [0.3, 0.4) is 0 Å². The first kappa shape index (κ1) is 8.31. The van der Waals surface area contributed by atoms with Crippen molar-refractivity contribution >= 4 is 5.97 Å². The highest BCUT2D eigenvalue weighted by molar-refractivity contribution is 5.86. The van der Waals surface area contributed by atoms with Crippen molar-refractivity contribution in [3.8, 4) is 0 Å². The Balaban J connectivity index is 2.14. The van der Waals surface area contributed by atoms with Crippen molar-refractivity contribution in [1.29, 1.82) is 0 Å². The van der Waals surface area contributed by atoms with Gasteiger partial charge in [-0.15, -0.1) is 0 Å². The maximum Gasteiger partial charge on any atom is 0.373 e. The number of carbonyl (C=O) groups is 1. The monoisotopic (exact) mass is 181 g/mol. The molecular formula is C9H11NO3. The van der Waals surface area contributed by atoms with E-state index in [1.54, 1.807) is 12.1 Å². The molecule has 0 saturated heterocycles. The second-order valence-electron chi connectivity index (χ2n) is 3.20. The number of ether oxygens (including phenoxy) is 1. The Morgan fingerprint density at radius 2 is 2.38 bits per heavy atom. The minimum Gasteiger partial charge on any atom is -0.463 e. The van der Waals surface area contributed by atoms with Crippen LogP contribution in [0.2, 0.25) is 0 Å². The fraction of sp³-hybridized carbons (Fsp3) is 0.444. The van der Waals surface area contributed by atoms with Crippen LogP contribution in [0.15, 0.2) is 16.5 Å². The summed E-state index contributed by atoms with van der Waals surface area (Å²) >= 11 is 0. The lowest BCUT2D eigenvalue weighted by Gasteiger charge is -1.93. The zero-order valence-corrected chi connectivity index (χ0v) is 7.32. The quantitative estimate of drug-likeness (QED) is 0.688. The standard InChI is InChI=1S/C9H11NO3/c1-12-9(11)8-3-2-7(13-8)5-4-6(5)10/h2-3,5-6H,4,10H2,1H3/t5-,6-/m1/s1. The van der Waals surface area contributed by atoms with E-state index in [2.05, 4.69) is 4.74 Å². The van der Waals surface area contributed by atoms with Gasteiger partial charge in [0.15, 0.2) is 0 Å². The van der Waals surface area contributed by atoms with Crippen molar-refractivity contribution in [2.75, 3.05) is 7.11 Å². The van der Waals surface area contributed by atoms with Crippen LogP contribution >= 0.6 is 0 Å². The number of furan rings is 1. The SMILES string of the molecule is COC(=O)c1ccc([C@@H]2C[C@H]2N)o1. The summed E-state index contributed by atoms with van der Waals surface area (Å²) in [6, 6.07) is 3.59. The Bertz CT molecular complexity index is 331. The molecule has 0 spiro atoms. The maximum atomic E-state index is 11.0. The molecule has 2 rings (SSSR count). The molecule has 4 nitrogen and oxygen atoms in total. The predicted octanol–water partition coefficient (Wildman–Crippen LogP) is 0.881. The summed E-state index contributed by atoms with van der Waals surface area (Å²) in [4.78, 5) is 11.0. The smallest absolute Gasteiger partial charge is 0.373 e. The van der Waals surface area contributed by atoms with E-state index in [1.165, 1.54) is 7.11 Å². The third-order valence-corrected chi connectivity index (χ3v) is 2.22. The predicted molar refractivity (Wildman–Crippen MR) is 45.4 cm³/mol. The summed E-state index contributed by atoms with van der Waals surface area (Å²) in [5.41, 5.74) is 5.64. The van der Waals surface area contributed by atoms with E-state index in [4.69, 9.17) is 10.2 Å². The molecule has 2 atom stereocenters. The Hall–Kier alpha value is -1.29. The van der Waals surface area contributed by atoms with Crippen molar-refractivity contribution in [3.05, 3.63) is 23.7 Å². The Kier molecular flexibility index (Phi) is 1.84. The zero-order valence-electron chi connectivity index (χ0n) is 7.32. The first-order valence-corrected chi connectivity index (χ1v) is 4.16. The molecule has 0 unspecified atom stereocenters. The van der Waals surface area contributed by atoms with Crippen molar-refractivity contribution in [3.63, 3.8) is 0 Å². The number of rotatable bonds is 2. The van der Waals surface area contributed by atoms with Crippen LogP contribution in [0.4, 0.5) is 0 Å². The van der Waals surface area contributed by atoms with Gasteiger partial charge in [0.2, 0.25) is 5.76 Å². The summed E-state index contributed by atoms with van der Waals surface area (Å²) in [6.07, 6.45) is 0.939. The fourth-order valence-corrected chi connectivity index (χ4v) is 1.30. The van der Waals surface area contributed by atoms with Crippen LogP contribution in [-0.4, -0.2) is 19.1 Å². The molecule has 13 heavy (non-hydrogen) atoms. The maximum absolute atomic E-state index is 11.0. The number of hydrogen-bond acceptors (Lipinski definition) is 4. The van der Waals surface area contributed by atoms with Crippen LogP contribution in [0.1, 0.15) is 28.7 Å². The van der Waals surface area contributed by atoms with Gasteiger partial charge in [-0.1, -0.05) is 0 Å². The Morgan fingerprint density at radius 1 is 1.69 bits per heavy atom. The molecule has 0 aliphatic heterocycles. The zero-order chi connectivity index (χ0) is 9.42. The molecule has 2 N–H and O–H groups in total. The first-order chi connectivity index (χ1) is 6.22. The van der Waals surface area contributed by atoms with Gasteiger partial charge in [-0.05, 0) is 18.6 Å². The van der Waals surface area contributed by atoms with Crippen LogP contribution in [-0.2, 0) is 4.74 Å². The lowest BCUT2D eigenvalue weighted by molar-refractivity contribution is 0.0563. The van der Waals surface area contributed by atoms with Gasteiger partial charge in [-0.3, -0.25) is 0 Å². The average molecular weight is 181 g/mol. The highest BCUT2D eigenvalue weighted by Gasteiger charge is 2.37. The van der Waals surface area contributed by atoms with Crippen LogP contribution in [0.5, 0.6) is 0 Å². The van der Waals surface area contributed by atoms with Crippen molar-refractivity contribution in [2.24, 2.45) is 5.73 Å². The fourth-order valence-electron chi connectivity index (χ4n) is 1.30. The van der Waals surface area contributed by atoms with Crippen molar-refractivity contribution in [2.45, 2.75) is 18.4 Å². The molecule has 1 aliphatic carbocycles. The molecule has 1 aliphatic rings. The van der Waals surface area contributed by atoms with Gasteiger partial charge >= 0.3 is 5.97 Å². The average Bonchev–Trinajstić information content (AvgIpc) is 2.70. The van der Waals surface area contributed by atoms with E-state index in [0.29, 0.717) is 5.92 Å². The van der Waals surface area contributed by atoms with E-state index in [-0.39, 0.29) is 11.8 Å². The van der Waals surface area contributed by atoms with Gasteiger partial charge in [0, 0.05) is 12.0 Å². The Morgan fingerprint density at radius 3 is 2.92 bits per heavy atom. The second kappa shape index (κ2) is 2.88. The molecule has 70 valence electrons. The minimum atomic E-state index is -0.444. The van der Waals surface area contributed by atoms with Crippen molar-refractivity contribution in [1.82, 2.24) is 0 Å². The topological polar surface area (TPSA) is 65.5 Å². The van der Waals surface area contributed by atoms with Gasteiger partial charge < -0.3 is 14.9 Å². The van der Waals surface area contributed by atoms with Gasteiger partial charge in [-0.2, -0.15) is 0 Å². The van der Waals surface area contributed by atoms with E-state index in [1.807, 2.05) is 0 Å². The lowest BCUT2D eigenvalue weighted by atomic mass is 10.3. The Labute approximate surface area is 75.7 Å². The van der Waals surface area contributed by atoms with E-state index in [9.17, 15) is 4.79 Å². The van der Waals surface area contributed by atoms with E-state index >= 15 is 0 Å². The van der Waals surface area contributed by atoms with Crippen LogP contribution in [0.25, 0.3) is 0 Å². The third-order valence-electron chi connectivity index (χ3n) is 2.22. The number of hydrogen-bond donors (Lipinski definition) is 1. The summed E-state index contributed by atoms with van der Waals surface area (Å²) in [5, 5.41) is 0. The van der Waals surface area contributed by atoms with Gasteiger partial charge in [0.25, 0.3) is 0 Å². The highest BCUT2D eigenvalue weighted by atomic mass is 16.5. The van der Waals surface area contributed by atoms with Crippen LogP contribution in [0, 0.1) is 0 Å². The summed E-state index contributed by atoms with van der Waals surface area (Å²) in [5.74, 6) is 0.878. The normalized spacial score (nSPS) is 25.7. The molecule has 0 aromatic carbocycles. The molecule has 1 fully saturated rings. The van der Waals surface area contributed by atoms with E-state index < -0.39 is 5.97 Å². The molecule has 1 heterocycles. The molecule has 4 heteroatoms. The minimum absolute atomic E-state index is 0.191. The third kappa shape index (κ3) is 1.45. The number of nitrogens with two attached hydrogens (primary N) is 1. The van der Waals surface area contributed by atoms with Gasteiger partial charge in [-0.25, -0.2) is 4.79 Å². The molecule has 0 amide bonds. The first-order valence-electron chi connectivity index (χ1n) is 4.16. The van der Waals surface area contributed by atoms with Gasteiger partial charge in [0.05, 0.1) is 7.11 Å². The molecule has 1 aromatic rings. The van der Waals surface area contributed by atoms with E-state index in [0.717, 1.165) is 12.2 Å². The molecule has 1 aromatic heterocycles. The second-order valence-corrected chi connectivity index (χ2v) is 3.20. The lowest BCUT2D eigenvalue weighted by Crippen LogP contribution is -2.00. The number of carbonyl (C=O) groups excluding carboxylic acids is 1. The largest absolute Gasteiger partial charge is 0.463 e.